The Balaban J connectivity index is 1.52. The zero-order valence-electron chi connectivity index (χ0n) is 15.1. The lowest BCUT2D eigenvalue weighted by atomic mass is 10.0. The second-order valence-corrected chi connectivity index (χ2v) is 6.78. The quantitative estimate of drug-likeness (QED) is 0.625. The summed E-state index contributed by atoms with van der Waals surface area (Å²) in [5, 5.41) is 3.18. The summed E-state index contributed by atoms with van der Waals surface area (Å²) in [7, 11) is 0. The Labute approximate surface area is 150 Å². The van der Waals surface area contributed by atoms with Gasteiger partial charge in [-0.1, -0.05) is 25.1 Å². The van der Waals surface area contributed by atoms with Crippen molar-refractivity contribution in [1.82, 2.24) is 10.2 Å². The van der Waals surface area contributed by atoms with Crippen molar-refractivity contribution in [1.29, 1.82) is 0 Å². The number of nitrogens with zero attached hydrogens (tertiary/aromatic N) is 3. The van der Waals surface area contributed by atoms with E-state index in [4.69, 9.17) is 5.73 Å². The number of carbonyl (C=O) groups excluding carboxylic acids is 1. The fourth-order valence-corrected chi connectivity index (χ4v) is 3.85. The van der Waals surface area contributed by atoms with Crippen molar-refractivity contribution in [3.63, 3.8) is 0 Å². The van der Waals surface area contributed by atoms with Crippen molar-refractivity contribution in [2.45, 2.75) is 38.6 Å². The van der Waals surface area contributed by atoms with Gasteiger partial charge in [0.1, 0.15) is 6.54 Å². The third kappa shape index (κ3) is 4.31. The number of hydrogen-bond acceptors (Lipinski definition) is 3. The number of likely N-dealkylation sites (tertiary alicyclic amines) is 1. The lowest BCUT2D eigenvalue weighted by Gasteiger charge is -2.29. The predicted octanol–water partition coefficient (Wildman–Crippen LogP) is 1.35. The van der Waals surface area contributed by atoms with Gasteiger partial charge in [-0.3, -0.25) is 9.69 Å². The summed E-state index contributed by atoms with van der Waals surface area (Å²) in [5.41, 5.74) is 8.21. The van der Waals surface area contributed by atoms with Gasteiger partial charge in [0.05, 0.1) is 0 Å². The number of para-hydroxylation sites is 1. The van der Waals surface area contributed by atoms with Crippen molar-refractivity contribution in [2.24, 2.45) is 10.7 Å². The molecule has 1 fully saturated rings. The average molecular weight is 343 g/mol. The molecule has 1 unspecified atom stereocenters. The topological polar surface area (TPSA) is 74.0 Å². The van der Waals surface area contributed by atoms with E-state index in [1.54, 1.807) is 0 Å². The van der Waals surface area contributed by atoms with Crippen molar-refractivity contribution in [2.75, 3.05) is 37.6 Å². The summed E-state index contributed by atoms with van der Waals surface area (Å²) < 4.78 is 0. The summed E-state index contributed by atoms with van der Waals surface area (Å²) in [6.45, 7) is 6.05. The highest BCUT2D eigenvalue weighted by Gasteiger charge is 2.23. The zero-order valence-corrected chi connectivity index (χ0v) is 15.1. The first-order chi connectivity index (χ1) is 12.2. The highest BCUT2D eigenvalue weighted by Crippen LogP contribution is 2.26. The average Bonchev–Trinajstić information content (AvgIpc) is 3.11. The van der Waals surface area contributed by atoms with Gasteiger partial charge in [0.15, 0.2) is 5.96 Å². The molecule has 1 aromatic rings. The molecule has 0 saturated carbocycles. The number of nitrogens with two attached hydrogens (primary N) is 1. The predicted molar refractivity (Wildman–Crippen MR) is 102 cm³/mol. The van der Waals surface area contributed by atoms with Crippen LogP contribution in [0.1, 0.15) is 31.7 Å². The Morgan fingerprint density at radius 3 is 3.00 bits per heavy atom. The van der Waals surface area contributed by atoms with Crippen LogP contribution >= 0.6 is 0 Å². The van der Waals surface area contributed by atoms with Crippen molar-refractivity contribution >= 4 is 17.6 Å². The van der Waals surface area contributed by atoms with E-state index in [-0.39, 0.29) is 12.5 Å². The van der Waals surface area contributed by atoms with Crippen LogP contribution < -0.4 is 16.0 Å². The second-order valence-electron chi connectivity index (χ2n) is 6.78. The molecular weight excluding hydrogens is 314 g/mol. The molecule has 0 spiro atoms. The fraction of sp³-hybridized carbons (Fsp3) is 0.579. The maximum absolute atomic E-state index is 12.6. The number of guanidine groups is 1. The summed E-state index contributed by atoms with van der Waals surface area (Å²) >= 11 is 0. The molecule has 2 heterocycles. The maximum Gasteiger partial charge on any atom is 0.248 e. The molecular formula is C19H29N5O. The van der Waals surface area contributed by atoms with E-state index in [0.29, 0.717) is 12.0 Å². The number of fused-ring (bicyclic) bond motifs is 1. The molecule has 25 heavy (non-hydrogen) atoms. The molecule has 136 valence electrons. The van der Waals surface area contributed by atoms with Gasteiger partial charge in [-0.25, -0.2) is 4.99 Å². The first kappa shape index (κ1) is 17.7. The first-order valence-electron chi connectivity index (χ1n) is 9.35. The summed E-state index contributed by atoms with van der Waals surface area (Å²) in [5.74, 6) is 0.370. The van der Waals surface area contributed by atoms with E-state index in [9.17, 15) is 4.79 Å². The fourth-order valence-electron chi connectivity index (χ4n) is 3.85. The number of aliphatic imine (C=N–C) groups is 1. The number of nitrogens with one attached hydrogen (secondary N) is 1. The monoisotopic (exact) mass is 343 g/mol. The number of likely N-dealkylation sites (N-methyl/N-ethyl adjacent to an activating group) is 1. The molecule has 0 bridgehead atoms. The van der Waals surface area contributed by atoms with Gasteiger partial charge in [0.25, 0.3) is 0 Å². The van der Waals surface area contributed by atoms with Gasteiger partial charge in [0.2, 0.25) is 5.91 Å². The molecule has 0 radical (unpaired) electrons. The largest absolute Gasteiger partial charge is 0.370 e. The zero-order chi connectivity index (χ0) is 17.6. The van der Waals surface area contributed by atoms with Crippen LogP contribution in [-0.4, -0.2) is 55.5 Å². The van der Waals surface area contributed by atoms with Crippen molar-refractivity contribution in [3.8, 4) is 0 Å². The second kappa shape index (κ2) is 8.34. The lowest BCUT2D eigenvalue weighted by molar-refractivity contribution is -0.117. The number of aryl methyl sites for hydroxylation is 1. The molecule has 3 N–H and O–H groups in total. The summed E-state index contributed by atoms with van der Waals surface area (Å²) in [4.78, 5) is 21.1. The number of carbonyl (C=O) groups is 1. The molecule has 3 rings (SSSR count). The molecule has 0 aromatic heterocycles. The van der Waals surface area contributed by atoms with Gasteiger partial charge in [-0.05, 0) is 50.4 Å². The van der Waals surface area contributed by atoms with E-state index in [2.05, 4.69) is 28.2 Å². The van der Waals surface area contributed by atoms with E-state index in [1.165, 1.54) is 18.4 Å². The van der Waals surface area contributed by atoms with Crippen LogP contribution in [0.3, 0.4) is 0 Å². The Morgan fingerprint density at radius 2 is 2.16 bits per heavy atom. The lowest BCUT2D eigenvalue weighted by Crippen LogP contribution is -2.43. The van der Waals surface area contributed by atoms with Gasteiger partial charge < -0.3 is 16.0 Å². The first-order valence-corrected chi connectivity index (χ1v) is 9.35. The van der Waals surface area contributed by atoms with Crippen LogP contribution in [-0.2, 0) is 11.2 Å². The van der Waals surface area contributed by atoms with Crippen LogP contribution in [0.5, 0.6) is 0 Å². The minimum Gasteiger partial charge on any atom is -0.370 e. The van der Waals surface area contributed by atoms with Gasteiger partial charge in [-0.15, -0.1) is 0 Å². The number of benzene rings is 1. The van der Waals surface area contributed by atoms with E-state index in [0.717, 1.165) is 44.7 Å². The van der Waals surface area contributed by atoms with Gasteiger partial charge in [-0.2, -0.15) is 0 Å². The molecule has 1 aromatic carbocycles. The standard InChI is InChI=1S/C19H29N5O/c1-2-23-11-6-9-16(23)13-21-19(20)22-14-18(25)24-12-5-8-15-7-3-4-10-17(15)24/h3-4,7,10,16H,2,5-6,8-9,11-14H2,1H3,(H3,20,21,22). The SMILES string of the molecule is CCN1CCCC1CNC(N)=NCC(=O)N1CCCc2ccccc21. The van der Waals surface area contributed by atoms with E-state index >= 15 is 0 Å². The van der Waals surface area contributed by atoms with E-state index in [1.807, 2.05) is 23.1 Å². The van der Waals surface area contributed by atoms with Crippen LogP contribution in [0.25, 0.3) is 0 Å². The number of rotatable bonds is 5. The smallest absolute Gasteiger partial charge is 0.248 e. The molecule has 1 amide bonds. The van der Waals surface area contributed by atoms with Crippen molar-refractivity contribution < 1.29 is 4.79 Å². The normalized spacial score (nSPS) is 21.2. The molecule has 2 aliphatic rings. The van der Waals surface area contributed by atoms with Crippen LogP contribution in [0.2, 0.25) is 0 Å². The third-order valence-electron chi connectivity index (χ3n) is 5.22. The third-order valence-corrected chi connectivity index (χ3v) is 5.22. The summed E-state index contributed by atoms with van der Waals surface area (Å²) in [6, 6.07) is 8.62. The Hall–Kier alpha value is -2.08. The molecule has 1 atom stereocenters. The molecule has 1 saturated heterocycles. The summed E-state index contributed by atoms with van der Waals surface area (Å²) in [6.07, 6.45) is 4.46. The number of anilines is 1. The Kier molecular flexibility index (Phi) is 5.91. The number of amides is 1. The van der Waals surface area contributed by atoms with Crippen LogP contribution in [0, 0.1) is 0 Å². The molecule has 0 aliphatic carbocycles. The highest BCUT2D eigenvalue weighted by atomic mass is 16.2. The Morgan fingerprint density at radius 1 is 1.32 bits per heavy atom. The maximum atomic E-state index is 12.6. The molecule has 6 nitrogen and oxygen atoms in total. The minimum absolute atomic E-state index is 0.00736. The van der Waals surface area contributed by atoms with Gasteiger partial charge >= 0.3 is 0 Å². The molecule has 2 aliphatic heterocycles. The van der Waals surface area contributed by atoms with Crippen LogP contribution in [0.15, 0.2) is 29.3 Å². The molecule has 6 heteroatoms. The van der Waals surface area contributed by atoms with Crippen LogP contribution in [0.4, 0.5) is 5.69 Å². The minimum atomic E-state index is 0.00736. The number of hydrogen-bond donors (Lipinski definition) is 2. The van der Waals surface area contributed by atoms with Gasteiger partial charge in [0, 0.05) is 24.8 Å². The van der Waals surface area contributed by atoms with E-state index < -0.39 is 0 Å². The highest BCUT2D eigenvalue weighted by molar-refractivity contribution is 5.97. The van der Waals surface area contributed by atoms with Crippen molar-refractivity contribution in [3.05, 3.63) is 29.8 Å². The Bertz CT molecular complexity index is 630.